The van der Waals surface area contributed by atoms with Gasteiger partial charge in [0, 0.05) is 29.1 Å². The minimum Gasteiger partial charge on any atom is -0.326 e. The molecule has 0 atom stereocenters. The highest BCUT2D eigenvalue weighted by Gasteiger charge is 2.33. The number of anilines is 2. The lowest BCUT2D eigenvalue weighted by Crippen LogP contribution is -2.24. The van der Waals surface area contributed by atoms with E-state index in [1.54, 1.807) is 11.2 Å². The number of rotatable bonds is 5. The van der Waals surface area contributed by atoms with Gasteiger partial charge in [0.2, 0.25) is 5.91 Å². The second-order valence-electron chi connectivity index (χ2n) is 8.26. The molecule has 3 aromatic heterocycles. The first-order valence-electron chi connectivity index (χ1n) is 10.8. The van der Waals surface area contributed by atoms with E-state index in [1.807, 2.05) is 48.5 Å². The summed E-state index contributed by atoms with van der Waals surface area (Å²) in [5.41, 5.74) is 3.32. The molecule has 164 valence electrons. The second kappa shape index (κ2) is 7.63. The average molecular weight is 457 g/mol. The molecule has 1 aliphatic heterocycles. The Morgan fingerprint density at radius 2 is 2.00 bits per heavy atom. The molecular weight excluding hydrogens is 436 g/mol. The van der Waals surface area contributed by atoms with Crippen molar-refractivity contribution in [2.24, 2.45) is 0 Å². The summed E-state index contributed by atoms with van der Waals surface area (Å²) < 4.78 is 2.06. The monoisotopic (exact) mass is 456 g/mol. The highest BCUT2D eigenvalue weighted by atomic mass is 32.1. The van der Waals surface area contributed by atoms with Crippen LogP contribution in [0.1, 0.15) is 41.0 Å². The van der Waals surface area contributed by atoms with Crippen LogP contribution in [0.4, 0.5) is 11.5 Å². The van der Waals surface area contributed by atoms with Gasteiger partial charge in [-0.25, -0.2) is 4.98 Å². The molecule has 0 saturated heterocycles. The SMILES string of the molecule is CC(=O)Nc1ccccc1-c1cc2c(s1)C(=O)N(c1cccc(-c3nncn3C3CC3)n1)C2. The number of hydrogen-bond acceptors (Lipinski definition) is 6. The molecular formula is C24H20N6O2S. The zero-order valence-electron chi connectivity index (χ0n) is 17.9. The molecule has 0 radical (unpaired) electrons. The summed E-state index contributed by atoms with van der Waals surface area (Å²) in [5.74, 6) is 1.15. The van der Waals surface area contributed by atoms with E-state index < -0.39 is 0 Å². The summed E-state index contributed by atoms with van der Waals surface area (Å²) >= 11 is 1.44. The lowest BCUT2D eigenvalue weighted by molar-refractivity contribution is -0.114. The van der Waals surface area contributed by atoms with Crippen LogP contribution in [-0.4, -0.2) is 31.6 Å². The molecule has 33 heavy (non-hydrogen) atoms. The van der Waals surface area contributed by atoms with Gasteiger partial charge < -0.3 is 9.88 Å². The third-order valence-corrected chi connectivity index (χ3v) is 7.03. The van der Waals surface area contributed by atoms with Crippen molar-refractivity contribution in [1.29, 1.82) is 0 Å². The normalized spacial score (nSPS) is 15.1. The van der Waals surface area contributed by atoms with Gasteiger partial charge in [-0.1, -0.05) is 24.3 Å². The summed E-state index contributed by atoms with van der Waals surface area (Å²) in [4.78, 5) is 33.0. The zero-order chi connectivity index (χ0) is 22.5. The first-order chi connectivity index (χ1) is 16.1. The topological polar surface area (TPSA) is 93.0 Å². The highest BCUT2D eigenvalue weighted by molar-refractivity contribution is 7.17. The Labute approximate surface area is 193 Å². The lowest BCUT2D eigenvalue weighted by atomic mass is 10.1. The number of nitrogens with zero attached hydrogens (tertiary/aromatic N) is 5. The molecule has 2 aliphatic rings. The second-order valence-corrected chi connectivity index (χ2v) is 9.31. The number of carbonyl (C=O) groups excluding carboxylic acids is 2. The van der Waals surface area contributed by atoms with Crippen molar-refractivity contribution in [1.82, 2.24) is 19.7 Å². The summed E-state index contributed by atoms with van der Waals surface area (Å²) in [6.07, 6.45) is 4.01. The van der Waals surface area contributed by atoms with Gasteiger partial charge in [-0.15, -0.1) is 21.5 Å². The Balaban J connectivity index is 1.29. The lowest BCUT2D eigenvalue weighted by Gasteiger charge is -2.16. The van der Waals surface area contributed by atoms with Crippen molar-refractivity contribution in [2.45, 2.75) is 32.4 Å². The van der Waals surface area contributed by atoms with Crippen LogP contribution >= 0.6 is 11.3 Å². The molecule has 8 nitrogen and oxygen atoms in total. The van der Waals surface area contributed by atoms with E-state index >= 15 is 0 Å². The Hall–Kier alpha value is -3.85. The molecule has 4 heterocycles. The van der Waals surface area contributed by atoms with E-state index in [0.717, 1.165) is 40.4 Å². The number of carbonyl (C=O) groups is 2. The van der Waals surface area contributed by atoms with Gasteiger partial charge in [0.25, 0.3) is 5.91 Å². The predicted octanol–water partition coefficient (Wildman–Crippen LogP) is 4.52. The quantitative estimate of drug-likeness (QED) is 0.477. The predicted molar refractivity (Wildman–Crippen MR) is 126 cm³/mol. The van der Waals surface area contributed by atoms with Gasteiger partial charge in [-0.2, -0.15) is 0 Å². The van der Waals surface area contributed by atoms with Gasteiger partial charge >= 0.3 is 0 Å². The third kappa shape index (κ3) is 3.50. The number of benzene rings is 1. The Morgan fingerprint density at radius 1 is 1.15 bits per heavy atom. The molecule has 1 aromatic carbocycles. The van der Waals surface area contributed by atoms with Crippen LogP contribution in [0.5, 0.6) is 0 Å². The molecule has 0 spiro atoms. The number of fused-ring (bicyclic) bond motifs is 1. The fourth-order valence-corrected chi connectivity index (χ4v) is 5.31. The smallest absolute Gasteiger partial charge is 0.270 e. The largest absolute Gasteiger partial charge is 0.326 e. The summed E-state index contributed by atoms with van der Waals surface area (Å²) in [5, 5.41) is 11.2. The minimum absolute atomic E-state index is 0.0634. The molecule has 1 aliphatic carbocycles. The van der Waals surface area contributed by atoms with Crippen molar-refractivity contribution in [3.63, 3.8) is 0 Å². The fourth-order valence-electron chi connectivity index (χ4n) is 4.15. The van der Waals surface area contributed by atoms with E-state index in [9.17, 15) is 9.59 Å². The van der Waals surface area contributed by atoms with Crippen molar-refractivity contribution >= 4 is 34.7 Å². The Morgan fingerprint density at radius 3 is 2.79 bits per heavy atom. The number of aromatic nitrogens is 4. The maximum atomic E-state index is 13.3. The molecule has 1 saturated carbocycles. The van der Waals surface area contributed by atoms with Crippen LogP contribution in [0.2, 0.25) is 0 Å². The first-order valence-corrected chi connectivity index (χ1v) is 11.6. The van der Waals surface area contributed by atoms with Gasteiger partial charge in [0.15, 0.2) is 5.82 Å². The number of para-hydroxylation sites is 1. The van der Waals surface area contributed by atoms with E-state index in [-0.39, 0.29) is 11.8 Å². The van der Waals surface area contributed by atoms with Crippen LogP contribution in [0, 0.1) is 0 Å². The Bertz CT molecular complexity index is 1400. The van der Waals surface area contributed by atoms with Crippen molar-refractivity contribution in [3.8, 4) is 22.0 Å². The summed E-state index contributed by atoms with van der Waals surface area (Å²) in [7, 11) is 0. The number of thiophene rings is 1. The molecule has 9 heteroatoms. The van der Waals surface area contributed by atoms with Crippen molar-refractivity contribution in [3.05, 3.63) is 65.3 Å². The standard InChI is InChI=1S/C24H20N6O2S/c1-14(31)26-18-6-3-2-5-17(18)20-11-15-12-29(24(32)22(15)33-20)21-8-4-7-19(27-21)23-28-25-13-30(23)16-9-10-16/h2-8,11,13,16H,9-10,12H2,1H3,(H,26,31). The molecule has 6 rings (SSSR count). The van der Waals surface area contributed by atoms with Gasteiger partial charge in [-0.05, 0) is 42.7 Å². The molecule has 1 N–H and O–H groups in total. The summed E-state index contributed by atoms with van der Waals surface area (Å²) in [6, 6.07) is 15.8. The van der Waals surface area contributed by atoms with E-state index in [4.69, 9.17) is 4.98 Å². The van der Waals surface area contributed by atoms with Crippen molar-refractivity contribution in [2.75, 3.05) is 10.2 Å². The van der Waals surface area contributed by atoms with Gasteiger partial charge in [-0.3, -0.25) is 14.5 Å². The van der Waals surface area contributed by atoms with Crippen LogP contribution in [-0.2, 0) is 11.3 Å². The minimum atomic E-state index is -0.128. The fraction of sp³-hybridized carbons (Fsp3) is 0.208. The first kappa shape index (κ1) is 19.8. The van der Waals surface area contributed by atoms with Crippen LogP contribution in [0.3, 0.4) is 0 Å². The molecule has 0 unspecified atom stereocenters. The maximum Gasteiger partial charge on any atom is 0.270 e. The van der Waals surface area contributed by atoms with E-state index in [1.165, 1.54) is 18.3 Å². The number of amides is 2. The van der Waals surface area contributed by atoms with Gasteiger partial charge in [0.05, 0.1) is 11.4 Å². The highest BCUT2D eigenvalue weighted by Crippen LogP contribution is 2.41. The average Bonchev–Trinajstić information content (AvgIpc) is 3.25. The molecule has 4 aromatic rings. The van der Waals surface area contributed by atoms with E-state index in [0.29, 0.717) is 29.0 Å². The van der Waals surface area contributed by atoms with Crippen LogP contribution < -0.4 is 10.2 Å². The van der Waals surface area contributed by atoms with Crippen molar-refractivity contribution < 1.29 is 9.59 Å². The molecule has 0 bridgehead atoms. The third-order valence-electron chi connectivity index (χ3n) is 5.83. The Kier molecular flexibility index (Phi) is 4.58. The maximum absolute atomic E-state index is 13.3. The summed E-state index contributed by atoms with van der Waals surface area (Å²) in [6.45, 7) is 1.94. The zero-order valence-corrected chi connectivity index (χ0v) is 18.7. The van der Waals surface area contributed by atoms with Gasteiger partial charge in [0.1, 0.15) is 17.8 Å². The number of pyridine rings is 1. The van der Waals surface area contributed by atoms with Crippen LogP contribution in [0.15, 0.2) is 54.9 Å². The van der Waals surface area contributed by atoms with Crippen LogP contribution in [0.25, 0.3) is 22.0 Å². The van der Waals surface area contributed by atoms with E-state index in [2.05, 4.69) is 20.1 Å². The number of nitrogens with one attached hydrogen (secondary N) is 1. The molecule has 2 amide bonds. The molecule has 1 fully saturated rings. The number of hydrogen-bond donors (Lipinski definition) is 1.